The van der Waals surface area contributed by atoms with Gasteiger partial charge >= 0.3 is 6.18 Å². The van der Waals surface area contributed by atoms with E-state index < -0.39 is 11.7 Å². The second kappa shape index (κ2) is 6.15. The fourth-order valence-electron chi connectivity index (χ4n) is 3.26. The molecule has 6 nitrogen and oxygen atoms in total. The number of amides is 1. The van der Waals surface area contributed by atoms with E-state index in [2.05, 4.69) is 10.3 Å². The molecular weight excluding hydrogens is 349 g/mol. The maximum absolute atomic E-state index is 12.8. The first-order valence-corrected chi connectivity index (χ1v) is 8.18. The van der Waals surface area contributed by atoms with Crippen LogP contribution in [-0.4, -0.2) is 38.9 Å². The Bertz CT molecular complexity index is 925. The number of rotatable bonds is 2. The molecule has 3 heterocycles. The Balaban J connectivity index is 1.50. The zero-order valence-corrected chi connectivity index (χ0v) is 13.6. The number of halogens is 3. The number of aromatic nitrogens is 3. The first-order valence-electron chi connectivity index (χ1n) is 8.18. The average Bonchev–Trinajstić information content (AvgIpc) is 3.30. The number of benzene rings is 1. The third kappa shape index (κ3) is 2.93. The molecule has 1 aliphatic rings. The number of hydrogen-bond donors (Lipinski definition) is 0. The predicted octanol–water partition coefficient (Wildman–Crippen LogP) is 3.52. The van der Waals surface area contributed by atoms with E-state index in [1.807, 2.05) is 0 Å². The molecule has 0 saturated carbocycles. The van der Waals surface area contributed by atoms with Crippen molar-refractivity contribution < 1.29 is 22.4 Å². The first-order chi connectivity index (χ1) is 12.4. The summed E-state index contributed by atoms with van der Waals surface area (Å²) in [5.74, 6) is 0.140. The van der Waals surface area contributed by atoms with Crippen molar-refractivity contribution >= 4 is 16.9 Å². The van der Waals surface area contributed by atoms with Gasteiger partial charge in [-0.1, -0.05) is 5.21 Å². The summed E-state index contributed by atoms with van der Waals surface area (Å²) in [5.41, 5.74) is 0.0404. The van der Waals surface area contributed by atoms with Crippen molar-refractivity contribution in [2.24, 2.45) is 0 Å². The highest BCUT2D eigenvalue weighted by Crippen LogP contribution is 2.32. The second-order valence-corrected chi connectivity index (χ2v) is 6.24. The number of furan rings is 1. The van der Waals surface area contributed by atoms with Gasteiger partial charge in [0, 0.05) is 13.1 Å². The summed E-state index contributed by atoms with van der Waals surface area (Å²) in [6.07, 6.45) is -1.66. The fourth-order valence-corrected chi connectivity index (χ4v) is 3.26. The summed E-state index contributed by atoms with van der Waals surface area (Å²) < 4.78 is 45.2. The molecule has 2 aromatic heterocycles. The number of fused-ring (bicyclic) bond motifs is 1. The Labute approximate surface area is 146 Å². The van der Waals surface area contributed by atoms with Gasteiger partial charge in [0.05, 0.1) is 23.4 Å². The van der Waals surface area contributed by atoms with Gasteiger partial charge in [0.2, 0.25) is 0 Å². The number of alkyl halides is 3. The lowest BCUT2D eigenvalue weighted by Crippen LogP contribution is -2.39. The standard InChI is InChI=1S/C17H15F3N4O2/c18-17(19,20)11-3-4-14-13(10-11)21-22-24(14)12-5-7-23(8-6-12)16(25)15-2-1-9-26-15/h1-4,9-10,12H,5-8H2. The molecule has 1 aliphatic heterocycles. The van der Waals surface area contributed by atoms with Gasteiger partial charge in [-0.15, -0.1) is 5.10 Å². The Kier molecular flexibility index (Phi) is 3.93. The molecule has 0 radical (unpaired) electrons. The number of hydrogen-bond acceptors (Lipinski definition) is 4. The summed E-state index contributed by atoms with van der Waals surface area (Å²) in [5, 5.41) is 7.92. The minimum Gasteiger partial charge on any atom is -0.459 e. The second-order valence-electron chi connectivity index (χ2n) is 6.24. The molecule has 1 aromatic carbocycles. The van der Waals surface area contributed by atoms with Crippen LogP contribution in [0.4, 0.5) is 13.2 Å². The Morgan fingerprint density at radius 2 is 1.96 bits per heavy atom. The molecule has 0 unspecified atom stereocenters. The van der Waals surface area contributed by atoms with Crippen molar-refractivity contribution in [2.45, 2.75) is 25.1 Å². The molecule has 1 fully saturated rings. The van der Waals surface area contributed by atoms with Crippen LogP contribution in [-0.2, 0) is 6.18 Å². The Morgan fingerprint density at radius 1 is 1.19 bits per heavy atom. The summed E-state index contributed by atoms with van der Waals surface area (Å²) >= 11 is 0. The van der Waals surface area contributed by atoms with E-state index >= 15 is 0 Å². The highest BCUT2D eigenvalue weighted by molar-refractivity contribution is 5.91. The number of nitrogens with zero attached hydrogens (tertiary/aromatic N) is 4. The SMILES string of the molecule is O=C(c1ccco1)N1CCC(n2nnc3cc(C(F)(F)F)ccc32)CC1. The van der Waals surface area contributed by atoms with E-state index in [0.29, 0.717) is 37.2 Å². The van der Waals surface area contributed by atoms with Gasteiger partial charge < -0.3 is 9.32 Å². The van der Waals surface area contributed by atoms with Gasteiger partial charge in [-0.05, 0) is 43.2 Å². The van der Waals surface area contributed by atoms with Crippen LogP contribution in [0.25, 0.3) is 11.0 Å². The maximum Gasteiger partial charge on any atom is 0.416 e. The molecule has 0 aliphatic carbocycles. The first kappa shape index (κ1) is 16.6. The zero-order chi connectivity index (χ0) is 18.3. The molecule has 0 N–H and O–H groups in total. The normalized spacial score (nSPS) is 16.3. The Morgan fingerprint density at radius 3 is 2.62 bits per heavy atom. The summed E-state index contributed by atoms with van der Waals surface area (Å²) in [7, 11) is 0. The van der Waals surface area contributed by atoms with Gasteiger partial charge in [0.1, 0.15) is 5.52 Å². The van der Waals surface area contributed by atoms with Gasteiger partial charge in [0.25, 0.3) is 5.91 Å². The van der Waals surface area contributed by atoms with E-state index in [1.54, 1.807) is 21.7 Å². The van der Waals surface area contributed by atoms with E-state index in [1.165, 1.54) is 12.3 Å². The van der Waals surface area contributed by atoms with Crippen LogP contribution >= 0.6 is 0 Å². The monoisotopic (exact) mass is 364 g/mol. The van der Waals surface area contributed by atoms with Crippen LogP contribution in [0.5, 0.6) is 0 Å². The van der Waals surface area contributed by atoms with E-state index in [9.17, 15) is 18.0 Å². The Hall–Kier alpha value is -2.84. The van der Waals surface area contributed by atoms with E-state index in [-0.39, 0.29) is 17.5 Å². The lowest BCUT2D eigenvalue weighted by molar-refractivity contribution is -0.137. The fraction of sp³-hybridized carbons (Fsp3) is 0.353. The highest BCUT2D eigenvalue weighted by Gasteiger charge is 2.32. The number of piperidine rings is 1. The molecule has 136 valence electrons. The molecule has 1 amide bonds. The molecule has 0 spiro atoms. The van der Waals surface area contributed by atoms with Gasteiger partial charge in [0.15, 0.2) is 5.76 Å². The van der Waals surface area contributed by atoms with Crippen molar-refractivity contribution in [1.29, 1.82) is 0 Å². The minimum atomic E-state index is -4.41. The summed E-state index contributed by atoms with van der Waals surface area (Å²) in [4.78, 5) is 14.0. The number of carbonyl (C=O) groups is 1. The third-order valence-corrected chi connectivity index (χ3v) is 4.63. The van der Waals surface area contributed by atoms with Crippen LogP contribution < -0.4 is 0 Å². The lowest BCUT2D eigenvalue weighted by atomic mass is 10.0. The van der Waals surface area contributed by atoms with Crippen LogP contribution in [0.3, 0.4) is 0 Å². The van der Waals surface area contributed by atoms with Crippen molar-refractivity contribution in [2.75, 3.05) is 13.1 Å². The van der Waals surface area contributed by atoms with Gasteiger partial charge in [-0.25, -0.2) is 4.68 Å². The predicted molar refractivity (Wildman–Crippen MR) is 85.4 cm³/mol. The van der Waals surface area contributed by atoms with Crippen molar-refractivity contribution in [1.82, 2.24) is 19.9 Å². The van der Waals surface area contributed by atoms with E-state index in [0.717, 1.165) is 12.1 Å². The molecule has 1 saturated heterocycles. The molecular formula is C17H15F3N4O2. The van der Waals surface area contributed by atoms with Crippen molar-refractivity contribution in [3.8, 4) is 0 Å². The quantitative estimate of drug-likeness (QED) is 0.698. The maximum atomic E-state index is 12.8. The lowest BCUT2D eigenvalue weighted by Gasteiger charge is -2.31. The van der Waals surface area contributed by atoms with Gasteiger partial charge in [-0.2, -0.15) is 13.2 Å². The molecule has 9 heteroatoms. The molecule has 3 aromatic rings. The van der Waals surface area contributed by atoms with Crippen LogP contribution in [0.15, 0.2) is 41.0 Å². The third-order valence-electron chi connectivity index (χ3n) is 4.63. The van der Waals surface area contributed by atoms with Gasteiger partial charge in [-0.3, -0.25) is 4.79 Å². The van der Waals surface area contributed by atoms with Crippen LogP contribution in [0, 0.1) is 0 Å². The van der Waals surface area contributed by atoms with Crippen LogP contribution in [0.2, 0.25) is 0 Å². The number of likely N-dealkylation sites (tertiary alicyclic amines) is 1. The summed E-state index contributed by atoms with van der Waals surface area (Å²) in [6, 6.07) is 6.72. The average molecular weight is 364 g/mol. The van der Waals surface area contributed by atoms with Crippen molar-refractivity contribution in [3.63, 3.8) is 0 Å². The topological polar surface area (TPSA) is 64.2 Å². The number of carbonyl (C=O) groups excluding carboxylic acids is 1. The van der Waals surface area contributed by atoms with Crippen molar-refractivity contribution in [3.05, 3.63) is 47.9 Å². The minimum absolute atomic E-state index is 0.0163. The molecule has 0 atom stereocenters. The zero-order valence-electron chi connectivity index (χ0n) is 13.6. The smallest absolute Gasteiger partial charge is 0.416 e. The molecule has 0 bridgehead atoms. The largest absolute Gasteiger partial charge is 0.459 e. The molecule has 4 rings (SSSR count). The highest BCUT2D eigenvalue weighted by atomic mass is 19.4. The molecule has 26 heavy (non-hydrogen) atoms. The van der Waals surface area contributed by atoms with Crippen LogP contribution in [0.1, 0.15) is 35.0 Å². The summed E-state index contributed by atoms with van der Waals surface area (Å²) in [6.45, 7) is 1.04. The van der Waals surface area contributed by atoms with E-state index in [4.69, 9.17) is 4.42 Å².